The molecule has 2 saturated heterocycles. The minimum Gasteiger partial charge on any atom is -0.490 e. The van der Waals surface area contributed by atoms with Gasteiger partial charge in [-0.1, -0.05) is 17.7 Å². The highest BCUT2D eigenvalue weighted by atomic mass is 35.5. The molecule has 0 unspecified atom stereocenters. The number of aromatic nitrogens is 2. The summed E-state index contributed by atoms with van der Waals surface area (Å²) in [6.07, 6.45) is 7.97. The van der Waals surface area contributed by atoms with Gasteiger partial charge in [-0.15, -0.1) is 10.2 Å². The van der Waals surface area contributed by atoms with Crippen LogP contribution in [0.2, 0.25) is 5.02 Å². The average Bonchev–Trinajstić information content (AvgIpc) is 2.98. The van der Waals surface area contributed by atoms with Gasteiger partial charge >= 0.3 is 0 Å². The quantitative estimate of drug-likeness (QED) is 0.331. The lowest BCUT2D eigenvalue weighted by Crippen LogP contribution is -2.44. The van der Waals surface area contributed by atoms with Crippen molar-refractivity contribution in [3.63, 3.8) is 0 Å². The number of carbonyl (C=O) groups is 1. The number of piperazine rings is 1. The Kier molecular flexibility index (Phi) is 9.67. The van der Waals surface area contributed by atoms with Crippen LogP contribution in [0, 0.1) is 18.4 Å². The molecule has 39 heavy (non-hydrogen) atoms. The molecule has 0 atom stereocenters. The first-order valence-electron chi connectivity index (χ1n) is 14.5. The minimum absolute atomic E-state index is 0.0755. The van der Waals surface area contributed by atoms with Crippen LogP contribution in [-0.2, 0) is 0 Å². The van der Waals surface area contributed by atoms with E-state index in [0.717, 1.165) is 63.6 Å². The SMILES string of the molecule is [C-]#[N+]c1ccc(OC2CCC(CC(=O)c3ccc(N4CCC(CCN5CCNCC5)CC4)nn3)CC2)cc1Cl. The molecule has 0 radical (unpaired) electrons. The van der Waals surface area contributed by atoms with E-state index in [0.29, 0.717) is 34.5 Å². The van der Waals surface area contributed by atoms with E-state index in [9.17, 15) is 4.79 Å². The first-order chi connectivity index (χ1) is 19.1. The smallest absolute Gasteiger partial charge is 0.205 e. The van der Waals surface area contributed by atoms with Gasteiger partial charge in [-0.3, -0.25) is 4.79 Å². The Morgan fingerprint density at radius 2 is 1.77 bits per heavy atom. The predicted molar refractivity (Wildman–Crippen MR) is 154 cm³/mol. The summed E-state index contributed by atoms with van der Waals surface area (Å²) in [5.41, 5.74) is 0.904. The highest BCUT2D eigenvalue weighted by Crippen LogP contribution is 2.33. The molecular weight excluding hydrogens is 512 g/mol. The van der Waals surface area contributed by atoms with Crippen molar-refractivity contribution >= 4 is 28.9 Å². The van der Waals surface area contributed by atoms with Crippen molar-refractivity contribution in [2.24, 2.45) is 11.8 Å². The van der Waals surface area contributed by atoms with Gasteiger partial charge in [0.2, 0.25) is 5.69 Å². The normalized spacial score (nSPS) is 22.8. The van der Waals surface area contributed by atoms with Gasteiger partial charge in [0, 0.05) is 45.7 Å². The van der Waals surface area contributed by atoms with Crippen molar-refractivity contribution in [2.45, 2.75) is 57.5 Å². The number of piperidine rings is 1. The first kappa shape index (κ1) is 27.8. The standard InChI is InChI=1S/C30H39ClN6O2/c1-32-27-7-6-25(21-26(27)31)39-24-4-2-23(3-5-24)20-29(38)28-8-9-30(35-34-28)37-16-11-22(12-17-37)10-15-36-18-13-33-14-19-36/h6-9,21-24,33H,2-5,10-20H2. The van der Waals surface area contributed by atoms with Gasteiger partial charge in [0.05, 0.1) is 17.7 Å². The van der Waals surface area contributed by atoms with Crippen LogP contribution in [0.15, 0.2) is 30.3 Å². The molecular formula is C30H39ClN6O2. The van der Waals surface area contributed by atoms with Crippen molar-refractivity contribution in [1.82, 2.24) is 20.4 Å². The Morgan fingerprint density at radius 3 is 2.44 bits per heavy atom. The van der Waals surface area contributed by atoms with Crippen LogP contribution < -0.4 is 15.0 Å². The summed E-state index contributed by atoms with van der Waals surface area (Å²) < 4.78 is 6.09. The maximum Gasteiger partial charge on any atom is 0.205 e. The summed E-state index contributed by atoms with van der Waals surface area (Å²) >= 11 is 6.13. The van der Waals surface area contributed by atoms with E-state index in [2.05, 4.69) is 30.2 Å². The molecule has 3 aliphatic rings. The largest absolute Gasteiger partial charge is 0.490 e. The molecule has 1 aliphatic carbocycles. The maximum absolute atomic E-state index is 12.9. The molecule has 3 heterocycles. The second kappa shape index (κ2) is 13.6. The molecule has 0 spiro atoms. The van der Waals surface area contributed by atoms with E-state index in [4.69, 9.17) is 22.9 Å². The minimum atomic E-state index is 0.0755. The van der Waals surface area contributed by atoms with Crippen LogP contribution in [0.1, 0.15) is 61.9 Å². The zero-order valence-corrected chi connectivity index (χ0v) is 23.4. The monoisotopic (exact) mass is 550 g/mol. The van der Waals surface area contributed by atoms with Gasteiger partial charge in [-0.2, -0.15) is 0 Å². The zero-order chi connectivity index (χ0) is 27.0. The number of carbonyl (C=O) groups excluding carboxylic acids is 1. The number of benzene rings is 1. The Bertz CT molecular complexity index is 1130. The molecule has 0 bridgehead atoms. The number of ether oxygens (including phenoxy) is 1. The third-order valence-electron chi connectivity index (χ3n) is 8.55. The Morgan fingerprint density at radius 1 is 1.00 bits per heavy atom. The van der Waals surface area contributed by atoms with E-state index in [1.54, 1.807) is 18.2 Å². The molecule has 1 aromatic carbocycles. The molecule has 1 aromatic heterocycles. The lowest BCUT2D eigenvalue weighted by Gasteiger charge is -2.34. The van der Waals surface area contributed by atoms with Crippen molar-refractivity contribution < 1.29 is 9.53 Å². The molecule has 9 heteroatoms. The van der Waals surface area contributed by atoms with Gasteiger partial charge < -0.3 is 19.9 Å². The Balaban J connectivity index is 1.02. The number of hydrogen-bond donors (Lipinski definition) is 1. The van der Waals surface area contributed by atoms with Gasteiger partial charge in [-0.25, -0.2) is 4.85 Å². The second-order valence-electron chi connectivity index (χ2n) is 11.2. The van der Waals surface area contributed by atoms with Crippen LogP contribution in [0.5, 0.6) is 5.75 Å². The third kappa shape index (κ3) is 7.69. The van der Waals surface area contributed by atoms with Crippen molar-refractivity contribution in [2.75, 3.05) is 50.7 Å². The number of hydrogen-bond acceptors (Lipinski definition) is 7. The number of halogens is 1. The lowest BCUT2D eigenvalue weighted by molar-refractivity contribution is 0.0897. The maximum atomic E-state index is 12.9. The van der Waals surface area contributed by atoms with Gasteiger partial charge in [0.15, 0.2) is 11.6 Å². The van der Waals surface area contributed by atoms with Gasteiger partial charge in [0.1, 0.15) is 11.4 Å². The predicted octanol–water partition coefficient (Wildman–Crippen LogP) is 5.40. The molecule has 0 amide bonds. The van der Waals surface area contributed by atoms with Gasteiger partial charge in [-0.05, 0) is 87.6 Å². The Hall–Kier alpha value is -2.73. The molecule has 2 aromatic rings. The molecule has 5 rings (SSSR count). The molecule has 1 saturated carbocycles. The van der Waals surface area contributed by atoms with E-state index in [-0.39, 0.29) is 11.9 Å². The topological polar surface area (TPSA) is 75.0 Å². The molecule has 1 N–H and O–H groups in total. The highest BCUT2D eigenvalue weighted by molar-refractivity contribution is 6.33. The van der Waals surface area contributed by atoms with Crippen LogP contribution in [-0.4, -0.2) is 72.8 Å². The third-order valence-corrected chi connectivity index (χ3v) is 8.85. The molecule has 8 nitrogen and oxygen atoms in total. The molecule has 3 fully saturated rings. The summed E-state index contributed by atoms with van der Waals surface area (Å²) in [6, 6.07) is 9.03. The summed E-state index contributed by atoms with van der Waals surface area (Å²) in [5, 5.41) is 12.6. The summed E-state index contributed by atoms with van der Waals surface area (Å²) in [4.78, 5) is 21.2. The van der Waals surface area contributed by atoms with Crippen molar-refractivity contribution in [3.05, 3.63) is 52.5 Å². The fourth-order valence-electron chi connectivity index (χ4n) is 6.06. The first-order valence-corrected chi connectivity index (χ1v) is 14.8. The summed E-state index contributed by atoms with van der Waals surface area (Å²) in [5.74, 6) is 2.78. The number of Topliss-reactive ketones (excluding diaryl/α,β-unsaturated/α-hetero) is 1. The van der Waals surface area contributed by atoms with Crippen LogP contribution >= 0.6 is 11.6 Å². The van der Waals surface area contributed by atoms with Crippen molar-refractivity contribution in [3.8, 4) is 5.75 Å². The highest BCUT2D eigenvalue weighted by Gasteiger charge is 2.26. The number of anilines is 1. The number of nitrogens with one attached hydrogen (secondary N) is 1. The van der Waals surface area contributed by atoms with Crippen molar-refractivity contribution in [1.29, 1.82) is 0 Å². The lowest BCUT2D eigenvalue weighted by atomic mass is 9.84. The molecule has 208 valence electrons. The van der Waals surface area contributed by atoms with E-state index in [1.807, 2.05) is 12.1 Å². The Labute approximate surface area is 236 Å². The van der Waals surface area contributed by atoms with Crippen LogP contribution in [0.3, 0.4) is 0 Å². The molecule has 2 aliphatic heterocycles. The fraction of sp³-hybridized carbons (Fsp3) is 0.600. The average molecular weight is 551 g/mol. The van der Waals surface area contributed by atoms with E-state index < -0.39 is 0 Å². The summed E-state index contributed by atoms with van der Waals surface area (Å²) in [6.45, 7) is 14.9. The van der Waals surface area contributed by atoms with E-state index >= 15 is 0 Å². The fourth-order valence-corrected chi connectivity index (χ4v) is 6.27. The van der Waals surface area contributed by atoms with Gasteiger partial charge in [0.25, 0.3) is 0 Å². The summed E-state index contributed by atoms with van der Waals surface area (Å²) in [7, 11) is 0. The number of rotatable bonds is 9. The van der Waals surface area contributed by atoms with E-state index in [1.165, 1.54) is 38.9 Å². The zero-order valence-electron chi connectivity index (χ0n) is 22.7. The number of ketones is 1. The number of nitrogens with zero attached hydrogens (tertiary/aromatic N) is 5. The van der Waals surface area contributed by atoms with Crippen LogP contribution in [0.4, 0.5) is 11.5 Å². The van der Waals surface area contributed by atoms with Crippen LogP contribution in [0.25, 0.3) is 4.85 Å². The second-order valence-corrected chi connectivity index (χ2v) is 11.6.